The number of hydrogen-bond acceptors (Lipinski definition) is 3. The predicted octanol–water partition coefficient (Wildman–Crippen LogP) is 2.94. The minimum atomic E-state index is 0.353. The summed E-state index contributed by atoms with van der Waals surface area (Å²) in [6, 6.07) is 6.26. The molecule has 0 N–H and O–H groups in total. The smallest absolute Gasteiger partial charge is 0.231 e. The Morgan fingerprint density at radius 2 is 1.92 bits per heavy atom. The molecule has 66 valence electrons. The van der Waals surface area contributed by atoms with Crippen LogP contribution in [-0.4, -0.2) is 6.79 Å². The highest BCUT2D eigenvalue weighted by Crippen LogP contribution is 2.38. The maximum atomic E-state index is 5.30. The van der Waals surface area contributed by atoms with E-state index in [2.05, 4.69) is 19.1 Å². The van der Waals surface area contributed by atoms with Crippen molar-refractivity contribution in [2.45, 2.75) is 6.92 Å². The SMILES string of the molecule is Cc1cc2cc3c(cc2s1)OCO3. The highest BCUT2D eigenvalue weighted by Gasteiger charge is 2.14. The summed E-state index contributed by atoms with van der Waals surface area (Å²) < 4.78 is 11.9. The molecule has 0 aliphatic carbocycles. The lowest BCUT2D eigenvalue weighted by Gasteiger charge is -1.94. The van der Waals surface area contributed by atoms with Gasteiger partial charge in [0.25, 0.3) is 0 Å². The first kappa shape index (κ1) is 7.21. The average Bonchev–Trinajstić information content (AvgIpc) is 2.63. The summed E-state index contributed by atoms with van der Waals surface area (Å²) in [5.41, 5.74) is 0. The first-order chi connectivity index (χ1) is 6.33. The largest absolute Gasteiger partial charge is 0.454 e. The first-order valence-electron chi connectivity index (χ1n) is 4.13. The average molecular weight is 192 g/mol. The fraction of sp³-hybridized carbons (Fsp3) is 0.200. The van der Waals surface area contributed by atoms with E-state index in [9.17, 15) is 0 Å². The summed E-state index contributed by atoms with van der Waals surface area (Å²) in [5.74, 6) is 1.74. The molecule has 0 unspecified atom stereocenters. The molecule has 2 nitrogen and oxygen atoms in total. The molecule has 0 radical (unpaired) electrons. The van der Waals surface area contributed by atoms with Crippen molar-refractivity contribution in [2.75, 3.05) is 6.79 Å². The highest BCUT2D eigenvalue weighted by atomic mass is 32.1. The van der Waals surface area contributed by atoms with E-state index in [1.807, 2.05) is 6.07 Å². The van der Waals surface area contributed by atoms with Gasteiger partial charge in [-0.1, -0.05) is 0 Å². The molecule has 1 aliphatic rings. The Morgan fingerprint density at radius 1 is 1.15 bits per heavy atom. The normalized spacial score (nSPS) is 13.9. The number of rotatable bonds is 0. The molecule has 0 saturated carbocycles. The molecule has 0 saturated heterocycles. The summed E-state index contributed by atoms with van der Waals surface area (Å²) in [4.78, 5) is 1.32. The fourth-order valence-corrected chi connectivity index (χ4v) is 2.50. The van der Waals surface area contributed by atoms with Crippen LogP contribution >= 0.6 is 11.3 Å². The second-order valence-electron chi connectivity index (χ2n) is 3.10. The van der Waals surface area contributed by atoms with Gasteiger partial charge in [-0.2, -0.15) is 0 Å². The van der Waals surface area contributed by atoms with E-state index in [0.717, 1.165) is 11.5 Å². The van der Waals surface area contributed by atoms with Gasteiger partial charge in [0.15, 0.2) is 11.5 Å². The lowest BCUT2D eigenvalue weighted by atomic mass is 10.2. The summed E-state index contributed by atoms with van der Waals surface area (Å²) in [6.45, 7) is 2.46. The molecule has 3 rings (SSSR count). The standard InChI is InChI=1S/C10H8O2S/c1-6-2-7-3-8-9(12-5-11-8)4-10(7)13-6/h2-4H,5H2,1H3. The summed E-state index contributed by atoms with van der Waals surface area (Å²) >= 11 is 1.78. The van der Waals surface area contributed by atoms with Crippen molar-refractivity contribution >= 4 is 21.4 Å². The molecule has 3 heteroatoms. The van der Waals surface area contributed by atoms with Gasteiger partial charge in [-0.05, 0) is 24.4 Å². The third-order valence-corrected chi connectivity index (χ3v) is 3.15. The predicted molar refractivity (Wildman–Crippen MR) is 52.7 cm³/mol. The Kier molecular flexibility index (Phi) is 1.32. The zero-order valence-corrected chi connectivity index (χ0v) is 7.98. The topological polar surface area (TPSA) is 18.5 Å². The molecule has 0 fully saturated rings. The first-order valence-corrected chi connectivity index (χ1v) is 4.94. The minimum absolute atomic E-state index is 0.353. The number of hydrogen-bond donors (Lipinski definition) is 0. The third kappa shape index (κ3) is 1.00. The highest BCUT2D eigenvalue weighted by molar-refractivity contribution is 7.19. The lowest BCUT2D eigenvalue weighted by Crippen LogP contribution is -1.92. The van der Waals surface area contributed by atoms with Crippen LogP contribution in [0.1, 0.15) is 4.88 Å². The van der Waals surface area contributed by atoms with E-state index in [1.165, 1.54) is 15.0 Å². The van der Waals surface area contributed by atoms with Crippen LogP contribution in [0.4, 0.5) is 0 Å². The molecule has 0 amide bonds. The Labute approximate surface area is 79.7 Å². The van der Waals surface area contributed by atoms with Gasteiger partial charge in [-0.3, -0.25) is 0 Å². The molecule has 2 aromatic rings. The van der Waals surface area contributed by atoms with E-state index in [4.69, 9.17) is 9.47 Å². The molecular formula is C10H8O2S. The van der Waals surface area contributed by atoms with E-state index in [-0.39, 0.29) is 0 Å². The second kappa shape index (κ2) is 2.39. The number of fused-ring (bicyclic) bond motifs is 2. The van der Waals surface area contributed by atoms with Gasteiger partial charge in [-0.25, -0.2) is 0 Å². The van der Waals surface area contributed by atoms with Gasteiger partial charge in [0.2, 0.25) is 6.79 Å². The third-order valence-electron chi connectivity index (χ3n) is 2.13. The van der Waals surface area contributed by atoms with Crippen molar-refractivity contribution in [2.24, 2.45) is 0 Å². The van der Waals surface area contributed by atoms with Crippen LogP contribution in [0.15, 0.2) is 18.2 Å². The van der Waals surface area contributed by atoms with Gasteiger partial charge in [0.1, 0.15) is 0 Å². The molecule has 0 atom stereocenters. The quantitative estimate of drug-likeness (QED) is 0.639. The number of aryl methyl sites for hydroxylation is 1. The van der Waals surface area contributed by atoms with Gasteiger partial charge < -0.3 is 9.47 Å². The number of thiophene rings is 1. The number of ether oxygens (including phenoxy) is 2. The van der Waals surface area contributed by atoms with Crippen LogP contribution in [0.2, 0.25) is 0 Å². The van der Waals surface area contributed by atoms with E-state index in [0.29, 0.717) is 6.79 Å². The van der Waals surface area contributed by atoms with Crippen LogP contribution in [0.3, 0.4) is 0 Å². The van der Waals surface area contributed by atoms with Crippen LogP contribution in [0, 0.1) is 6.92 Å². The van der Waals surface area contributed by atoms with Gasteiger partial charge in [0.05, 0.1) is 0 Å². The molecule has 0 spiro atoms. The maximum absolute atomic E-state index is 5.30. The molecular weight excluding hydrogens is 184 g/mol. The summed E-state index contributed by atoms with van der Waals surface area (Å²) in [6.07, 6.45) is 0. The summed E-state index contributed by atoms with van der Waals surface area (Å²) in [7, 11) is 0. The lowest BCUT2D eigenvalue weighted by molar-refractivity contribution is 0.174. The van der Waals surface area contributed by atoms with Crippen LogP contribution in [-0.2, 0) is 0 Å². The van der Waals surface area contributed by atoms with Gasteiger partial charge in [-0.15, -0.1) is 11.3 Å². The molecule has 0 bridgehead atoms. The van der Waals surface area contributed by atoms with Crippen LogP contribution in [0.5, 0.6) is 11.5 Å². The Bertz CT molecular complexity index is 432. The van der Waals surface area contributed by atoms with Gasteiger partial charge >= 0.3 is 0 Å². The van der Waals surface area contributed by atoms with Crippen molar-refractivity contribution < 1.29 is 9.47 Å². The Balaban J connectivity index is 2.35. The maximum Gasteiger partial charge on any atom is 0.231 e. The van der Waals surface area contributed by atoms with Crippen LogP contribution in [0.25, 0.3) is 10.1 Å². The van der Waals surface area contributed by atoms with E-state index >= 15 is 0 Å². The minimum Gasteiger partial charge on any atom is -0.454 e. The zero-order valence-electron chi connectivity index (χ0n) is 7.16. The summed E-state index contributed by atoms with van der Waals surface area (Å²) in [5, 5.41) is 1.24. The molecule has 1 aliphatic heterocycles. The molecule has 13 heavy (non-hydrogen) atoms. The Hall–Kier alpha value is -1.22. The molecule has 1 aromatic carbocycles. The van der Waals surface area contributed by atoms with Crippen molar-refractivity contribution in [3.8, 4) is 11.5 Å². The Morgan fingerprint density at radius 3 is 2.77 bits per heavy atom. The monoisotopic (exact) mass is 192 g/mol. The van der Waals surface area contributed by atoms with Crippen molar-refractivity contribution in [3.05, 3.63) is 23.1 Å². The second-order valence-corrected chi connectivity index (χ2v) is 4.39. The van der Waals surface area contributed by atoms with Crippen LogP contribution < -0.4 is 9.47 Å². The van der Waals surface area contributed by atoms with E-state index < -0.39 is 0 Å². The molecule has 1 aromatic heterocycles. The van der Waals surface area contributed by atoms with Crippen molar-refractivity contribution in [3.63, 3.8) is 0 Å². The van der Waals surface area contributed by atoms with E-state index in [1.54, 1.807) is 11.3 Å². The van der Waals surface area contributed by atoms with Gasteiger partial charge in [0, 0.05) is 15.6 Å². The van der Waals surface area contributed by atoms with Crippen molar-refractivity contribution in [1.82, 2.24) is 0 Å². The van der Waals surface area contributed by atoms with Crippen molar-refractivity contribution in [1.29, 1.82) is 0 Å². The fourth-order valence-electron chi connectivity index (χ4n) is 1.56. The zero-order chi connectivity index (χ0) is 8.84. The molecule has 2 heterocycles. The number of benzene rings is 1.